The van der Waals surface area contributed by atoms with E-state index in [1.807, 2.05) is 0 Å². The molecule has 2 aromatic rings. The number of hydrogen-bond donors (Lipinski definition) is 4. The van der Waals surface area contributed by atoms with E-state index >= 15 is 0 Å². The van der Waals surface area contributed by atoms with Gasteiger partial charge in [-0.25, -0.2) is 9.48 Å². The lowest BCUT2D eigenvalue weighted by Crippen LogP contribution is -2.70. The van der Waals surface area contributed by atoms with Gasteiger partial charge in [0, 0.05) is 11.5 Å². The maximum Gasteiger partial charge on any atom is 0.352 e. The summed E-state index contributed by atoms with van der Waals surface area (Å²) in [6.45, 7) is 1.31. The van der Waals surface area contributed by atoms with Crippen molar-refractivity contribution in [2.45, 2.75) is 36.1 Å². The number of rotatable bonds is 9. The van der Waals surface area contributed by atoms with Crippen LogP contribution in [0.5, 0.6) is 0 Å². The molecule has 0 saturated carbocycles. The van der Waals surface area contributed by atoms with Crippen LogP contribution < -0.4 is 5.32 Å². The molecule has 0 bridgehead atoms. The molecule has 1 saturated heterocycles. The van der Waals surface area contributed by atoms with Gasteiger partial charge in [0.2, 0.25) is 5.16 Å². The summed E-state index contributed by atoms with van der Waals surface area (Å²) in [4.78, 5) is 49.5. The minimum absolute atomic E-state index is 0.119. The van der Waals surface area contributed by atoms with Gasteiger partial charge in [0.1, 0.15) is 23.7 Å². The van der Waals surface area contributed by atoms with E-state index in [0.717, 1.165) is 26.9 Å². The van der Waals surface area contributed by atoms with Gasteiger partial charge in [0.05, 0.1) is 0 Å². The highest BCUT2D eigenvalue weighted by atomic mass is 32.2. The topological polar surface area (TPSA) is 188 Å². The summed E-state index contributed by atoms with van der Waals surface area (Å²) in [6, 6.07) is 5.86. The molecule has 2 aliphatic rings. The number of benzene rings is 1. The maximum atomic E-state index is 12.8. The van der Waals surface area contributed by atoms with Gasteiger partial charge >= 0.3 is 11.9 Å². The van der Waals surface area contributed by atoms with E-state index in [4.69, 9.17) is 5.11 Å². The molecular formula is C20H20N6O7S2. The number of nitrogens with one attached hydrogen (secondary N) is 1. The van der Waals surface area contributed by atoms with Crippen LogP contribution in [-0.4, -0.2) is 87.1 Å². The SMILES string of the molecule is Cc1ccccc1[C@@H](O)C(=O)NC1C(=O)N2C(C(=O)O)=C(CSc3nnnn3CC(=O)O)CS[C@H]12. The smallest absolute Gasteiger partial charge is 0.352 e. The molecule has 4 rings (SSSR count). The van der Waals surface area contributed by atoms with Gasteiger partial charge in [0.25, 0.3) is 11.8 Å². The molecule has 15 heteroatoms. The molecule has 2 aliphatic heterocycles. The quantitative estimate of drug-likeness (QED) is 0.248. The molecule has 184 valence electrons. The van der Waals surface area contributed by atoms with Gasteiger partial charge in [-0.1, -0.05) is 36.0 Å². The van der Waals surface area contributed by atoms with Crippen LogP contribution in [0.3, 0.4) is 0 Å². The Labute approximate surface area is 206 Å². The summed E-state index contributed by atoms with van der Waals surface area (Å²) in [7, 11) is 0. The lowest BCUT2D eigenvalue weighted by Gasteiger charge is -2.49. The number of hydrogen-bond acceptors (Lipinski definition) is 10. The number of β-lactam (4-membered cyclic amide) rings is 1. The number of thioether (sulfide) groups is 2. The first-order chi connectivity index (χ1) is 16.7. The predicted octanol–water partition coefficient (Wildman–Crippen LogP) is -0.370. The van der Waals surface area contributed by atoms with Crippen LogP contribution in [0.15, 0.2) is 40.7 Å². The summed E-state index contributed by atoms with van der Waals surface area (Å²) in [5.41, 5.74) is 1.39. The van der Waals surface area contributed by atoms with Crippen LogP contribution >= 0.6 is 23.5 Å². The van der Waals surface area contributed by atoms with Crippen LogP contribution in [0.25, 0.3) is 0 Å². The molecule has 2 amide bonds. The largest absolute Gasteiger partial charge is 0.480 e. The third-order valence-electron chi connectivity index (χ3n) is 5.44. The molecule has 35 heavy (non-hydrogen) atoms. The van der Waals surface area contributed by atoms with Crippen molar-refractivity contribution in [1.29, 1.82) is 0 Å². The molecule has 1 aromatic carbocycles. The van der Waals surface area contributed by atoms with Crippen LogP contribution in [0, 0.1) is 6.92 Å². The first kappa shape index (κ1) is 24.7. The van der Waals surface area contributed by atoms with Crippen molar-refractivity contribution in [2.75, 3.05) is 11.5 Å². The Hall–Kier alpha value is -3.43. The predicted molar refractivity (Wildman–Crippen MR) is 122 cm³/mol. The number of aliphatic hydroxyl groups is 1. The van der Waals surface area contributed by atoms with Crippen LogP contribution in [-0.2, 0) is 25.7 Å². The van der Waals surface area contributed by atoms with Gasteiger partial charge in [-0.15, -0.1) is 16.9 Å². The number of carbonyl (C=O) groups is 4. The normalized spacial score (nSPS) is 20.2. The molecule has 0 spiro atoms. The molecule has 1 aromatic heterocycles. The number of tetrazole rings is 1. The van der Waals surface area contributed by atoms with E-state index in [1.54, 1.807) is 31.2 Å². The van der Waals surface area contributed by atoms with Crippen molar-refractivity contribution in [3.8, 4) is 0 Å². The first-order valence-electron chi connectivity index (χ1n) is 10.2. The minimum atomic E-state index is -1.47. The van der Waals surface area contributed by atoms with Crippen LogP contribution in [0.4, 0.5) is 0 Å². The third-order valence-corrected chi connectivity index (χ3v) is 7.82. The summed E-state index contributed by atoms with van der Waals surface area (Å²) in [6.07, 6.45) is -1.47. The standard InChI is InChI=1S/C20H20N6O7S2/c1-9-4-2-3-5-11(9)15(29)16(30)21-13-17(31)26-14(19(32)33)10(7-34-18(13)26)8-35-20-22-23-24-25(20)6-12(27)28/h2-5,13,15,18,29H,6-8H2,1H3,(H,21,30)(H,27,28)(H,32,33)/t13?,15-,18-/m1/s1. The fraction of sp³-hybridized carbons (Fsp3) is 0.350. The van der Waals surface area contributed by atoms with Crippen molar-refractivity contribution in [1.82, 2.24) is 30.4 Å². The second-order valence-electron chi connectivity index (χ2n) is 7.71. The van der Waals surface area contributed by atoms with Gasteiger partial charge in [-0.3, -0.25) is 19.3 Å². The summed E-state index contributed by atoms with van der Waals surface area (Å²) < 4.78 is 1.08. The van der Waals surface area contributed by atoms with Gasteiger partial charge < -0.3 is 20.6 Å². The zero-order valence-corrected chi connectivity index (χ0v) is 19.8. The van der Waals surface area contributed by atoms with Crippen molar-refractivity contribution in [2.24, 2.45) is 0 Å². The molecule has 0 aliphatic carbocycles. The summed E-state index contributed by atoms with van der Waals surface area (Å²) in [5, 5.41) is 42.1. The second kappa shape index (κ2) is 10.1. The maximum absolute atomic E-state index is 12.8. The molecular weight excluding hydrogens is 500 g/mol. The van der Waals surface area contributed by atoms with E-state index in [-0.39, 0.29) is 22.4 Å². The molecule has 13 nitrogen and oxygen atoms in total. The molecule has 3 atom stereocenters. The third kappa shape index (κ3) is 4.87. The van der Waals surface area contributed by atoms with Crippen molar-refractivity contribution in [3.05, 3.63) is 46.7 Å². The number of aromatic nitrogens is 4. The Bertz CT molecular complexity index is 1230. The van der Waals surface area contributed by atoms with E-state index < -0.39 is 47.8 Å². The number of carbonyl (C=O) groups excluding carboxylic acids is 2. The van der Waals surface area contributed by atoms with Gasteiger partial charge in [0.15, 0.2) is 6.10 Å². The highest BCUT2D eigenvalue weighted by Gasteiger charge is 2.54. The second-order valence-corrected chi connectivity index (χ2v) is 9.76. The fourth-order valence-electron chi connectivity index (χ4n) is 3.74. The number of carboxylic acids is 2. The molecule has 4 N–H and O–H groups in total. The lowest BCUT2D eigenvalue weighted by molar-refractivity contribution is -0.151. The Kier molecular flexibility index (Phi) is 7.09. The van der Waals surface area contributed by atoms with Crippen LogP contribution in [0.1, 0.15) is 17.2 Å². The Balaban J connectivity index is 1.46. The van der Waals surface area contributed by atoms with E-state index in [9.17, 15) is 29.4 Å². The number of aryl methyl sites for hydroxylation is 1. The average molecular weight is 521 g/mol. The number of aliphatic hydroxyl groups excluding tert-OH is 1. The number of amides is 2. The lowest BCUT2D eigenvalue weighted by atomic mass is 10.0. The Morgan fingerprint density at radius 1 is 1.29 bits per heavy atom. The minimum Gasteiger partial charge on any atom is -0.480 e. The highest BCUT2D eigenvalue weighted by Crippen LogP contribution is 2.41. The number of carboxylic acid groups (broad SMARTS) is 2. The molecule has 3 heterocycles. The number of aliphatic carboxylic acids is 2. The van der Waals surface area contributed by atoms with Gasteiger partial charge in [-0.2, -0.15) is 0 Å². The molecule has 1 fully saturated rings. The molecule has 0 radical (unpaired) electrons. The Morgan fingerprint density at radius 2 is 2.03 bits per heavy atom. The zero-order valence-electron chi connectivity index (χ0n) is 18.2. The van der Waals surface area contributed by atoms with E-state index in [0.29, 0.717) is 11.1 Å². The molecule has 1 unspecified atom stereocenters. The monoisotopic (exact) mass is 520 g/mol. The fourth-order valence-corrected chi connectivity index (χ4v) is 6.10. The van der Waals surface area contributed by atoms with Crippen molar-refractivity contribution >= 4 is 47.3 Å². The number of fused-ring (bicyclic) bond motifs is 1. The first-order valence-corrected chi connectivity index (χ1v) is 12.3. The number of nitrogens with zero attached hydrogens (tertiary/aromatic N) is 5. The van der Waals surface area contributed by atoms with Crippen LogP contribution in [0.2, 0.25) is 0 Å². The summed E-state index contributed by atoms with van der Waals surface area (Å²) in [5.74, 6) is -3.39. The van der Waals surface area contributed by atoms with E-state index in [2.05, 4.69) is 20.8 Å². The summed E-state index contributed by atoms with van der Waals surface area (Å²) >= 11 is 2.33. The van der Waals surface area contributed by atoms with Gasteiger partial charge in [-0.05, 0) is 34.1 Å². The van der Waals surface area contributed by atoms with E-state index in [1.165, 1.54) is 11.8 Å². The Morgan fingerprint density at radius 3 is 2.71 bits per heavy atom. The highest BCUT2D eigenvalue weighted by molar-refractivity contribution is 8.01. The van der Waals surface area contributed by atoms with Crippen molar-refractivity contribution in [3.63, 3.8) is 0 Å². The van der Waals surface area contributed by atoms with Crippen molar-refractivity contribution < 1.29 is 34.5 Å². The zero-order chi connectivity index (χ0) is 25.3. The average Bonchev–Trinajstić information content (AvgIpc) is 3.26.